The zero-order valence-corrected chi connectivity index (χ0v) is 17.9. The summed E-state index contributed by atoms with van der Waals surface area (Å²) in [6.07, 6.45) is 4.74. The van der Waals surface area contributed by atoms with Gasteiger partial charge in [-0.2, -0.15) is 0 Å². The first-order valence-corrected chi connectivity index (χ1v) is 11.7. The van der Waals surface area contributed by atoms with Crippen molar-refractivity contribution in [3.05, 3.63) is 57.2 Å². The Hall–Kier alpha value is -2.58. The minimum absolute atomic E-state index is 0.0337. The summed E-state index contributed by atoms with van der Waals surface area (Å²) in [5, 5.41) is 1.30. The number of allylic oxidation sites excluding steroid dienone is 1. The number of aryl methyl sites for hydroxylation is 2. The molecule has 0 spiro atoms. The van der Waals surface area contributed by atoms with E-state index >= 15 is 0 Å². The molecule has 0 saturated carbocycles. The summed E-state index contributed by atoms with van der Waals surface area (Å²) in [6, 6.07) is 5.22. The smallest absolute Gasteiger partial charge is 0.263 e. The summed E-state index contributed by atoms with van der Waals surface area (Å²) >= 11 is 2.89. The van der Waals surface area contributed by atoms with Gasteiger partial charge in [-0.3, -0.25) is 14.2 Å². The third-order valence-electron chi connectivity index (χ3n) is 5.30. The molecule has 0 N–H and O–H groups in total. The molecule has 2 aromatic heterocycles. The van der Waals surface area contributed by atoms with Crippen molar-refractivity contribution in [2.75, 3.05) is 19.0 Å². The molecule has 2 aliphatic rings. The fraction of sp³-hybridized carbons (Fsp3) is 0.318. The number of benzene rings is 1. The molecule has 5 rings (SSSR count). The van der Waals surface area contributed by atoms with Crippen LogP contribution in [0.5, 0.6) is 11.5 Å². The predicted molar refractivity (Wildman–Crippen MR) is 119 cm³/mol. The highest BCUT2D eigenvalue weighted by Gasteiger charge is 2.23. The Labute approximate surface area is 181 Å². The van der Waals surface area contributed by atoms with Gasteiger partial charge in [0.05, 0.1) is 11.1 Å². The highest BCUT2D eigenvalue weighted by atomic mass is 32.2. The molecule has 0 unspecified atom stereocenters. The van der Waals surface area contributed by atoms with Crippen molar-refractivity contribution in [1.29, 1.82) is 0 Å². The van der Waals surface area contributed by atoms with E-state index in [1.807, 2.05) is 0 Å². The summed E-state index contributed by atoms with van der Waals surface area (Å²) in [5.41, 5.74) is 1.68. The molecule has 0 saturated heterocycles. The zero-order valence-electron chi connectivity index (χ0n) is 16.3. The van der Waals surface area contributed by atoms with Gasteiger partial charge in [-0.1, -0.05) is 17.8 Å². The van der Waals surface area contributed by atoms with Crippen LogP contribution in [0, 0.1) is 0 Å². The van der Waals surface area contributed by atoms with Crippen molar-refractivity contribution >= 4 is 39.1 Å². The highest BCUT2D eigenvalue weighted by Crippen LogP contribution is 2.36. The van der Waals surface area contributed by atoms with Gasteiger partial charge >= 0.3 is 0 Å². The molecule has 1 aliphatic carbocycles. The second-order valence-electron chi connectivity index (χ2n) is 7.21. The van der Waals surface area contributed by atoms with Gasteiger partial charge in [-0.05, 0) is 43.0 Å². The first-order valence-electron chi connectivity index (χ1n) is 9.87. The number of ketones is 1. The molecule has 6 nitrogen and oxygen atoms in total. The second-order valence-corrected chi connectivity index (χ2v) is 9.23. The van der Waals surface area contributed by atoms with E-state index in [1.165, 1.54) is 16.6 Å². The third kappa shape index (κ3) is 3.33. The fourth-order valence-electron chi connectivity index (χ4n) is 3.89. The Balaban J connectivity index is 1.43. The maximum atomic E-state index is 13.2. The van der Waals surface area contributed by atoms with E-state index in [9.17, 15) is 9.59 Å². The summed E-state index contributed by atoms with van der Waals surface area (Å²) in [4.78, 5) is 32.8. The molecule has 1 aliphatic heterocycles. The van der Waals surface area contributed by atoms with Crippen LogP contribution in [0.3, 0.4) is 0 Å². The minimum Gasteiger partial charge on any atom is -0.486 e. The summed E-state index contributed by atoms with van der Waals surface area (Å²) in [6.45, 7) is 5.13. The van der Waals surface area contributed by atoms with Gasteiger partial charge in [-0.25, -0.2) is 4.98 Å². The van der Waals surface area contributed by atoms with Crippen LogP contribution in [-0.2, 0) is 19.4 Å². The van der Waals surface area contributed by atoms with Crippen LogP contribution in [0.1, 0.15) is 27.2 Å². The fourth-order valence-corrected chi connectivity index (χ4v) is 6.09. The number of aromatic nitrogens is 2. The van der Waals surface area contributed by atoms with E-state index in [-0.39, 0.29) is 17.1 Å². The number of ether oxygens (including phenoxy) is 2. The number of rotatable bonds is 6. The van der Waals surface area contributed by atoms with Crippen LogP contribution >= 0.6 is 23.1 Å². The maximum absolute atomic E-state index is 13.2. The van der Waals surface area contributed by atoms with Crippen LogP contribution in [-0.4, -0.2) is 34.3 Å². The molecule has 1 aromatic carbocycles. The number of thiophene rings is 1. The normalized spacial score (nSPS) is 14.7. The standard InChI is InChI=1S/C22H20N2O4S2/c1-2-8-24-21(26)19-14-4-3-5-18(14)30-20(19)23-22(24)29-12-15(25)13-6-7-16-17(11-13)28-10-9-27-16/h2,6-7,11H,1,3-5,8-10,12H2. The van der Waals surface area contributed by atoms with Gasteiger partial charge in [0, 0.05) is 17.0 Å². The van der Waals surface area contributed by atoms with Crippen LogP contribution in [0.15, 0.2) is 40.8 Å². The van der Waals surface area contributed by atoms with Gasteiger partial charge in [-0.15, -0.1) is 17.9 Å². The average molecular weight is 441 g/mol. The van der Waals surface area contributed by atoms with Gasteiger partial charge in [0.2, 0.25) is 0 Å². The molecule has 3 aromatic rings. The first-order chi connectivity index (χ1) is 14.7. The second kappa shape index (κ2) is 7.92. The van der Waals surface area contributed by atoms with Gasteiger partial charge in [0.1, 0.15) is 18.0 Å². The van der Waals surface area contributed by atoms with Crippen LogP contribution in [0.2, 0.25) is 0 Å². The zero-order chi connectivity index (χ0) is 20.7. The maximum Gasteiger partial charge on any atom is 0.263 e. The molecule has 0 amide bonds. The van der Waals surface area contributed by atoms with E-state index in [4.69, 9.17) is 14.5 Å². The van der Waals surface area contributed by atoms with E-state index < -0.39 is 0 Å². The van der Waals surface area contributed by atoms with Crippen molar-refractivity contribution < 1.29 is 14.3 Å². The quantitative estimate of drug-likeness (QED) is 0.251. The highest BCUT2D eigenvalue weighted by molar-refractivity contribution is 7.99. The SMILES string of the molecule is C=CCn1c(SCC(=O)c2ccc3c(c2)OCCO3)nc2sc3c(c2c1=O)CCC3. The average Bonchev–Trinajstić information content (AvgIpc) is 3.35. The first kappa shape index (κ1) is 19.4. The number of fused-ring (bicyclic) bond motifs is 4. The van der Waals surface area contributed by atoms with E-state index in [1.54, 1.807) is 40.2 Å². The van der Waals surface area contributed by atoms with Crippen molar-refractivity contribution in [3.63, 3.8) is 0 Å². The molecule has 0 atom stereocenters. The number of carbonyl (C=O) groups excluding carboxylic acids is 1. The number of thioether (sulfide) groups is 1. The summed E-state index contributed by atoms with van der Waals surface area (Å²) < 4.78 is 12.7. The lowest BCUT2D eigenvalue weighted by molar-refractivity contribution is 0.102. The predicted octanol–water partition coefficient (Wildman–Crippen LogP) is 3.88. The van der Waals surface area contributed by atoms with Crippen molar-refractivity contribution in [2.45, 2.75) is 31.0 Å². The van der Waals surface area contributed by atoms with Crippen LogP contribution in [0.25, 0.3) is 10.2 Å². The Morgan fingerprint density at radius 3 is 2.93 bits per heavy atom. The lowest BCUT2D eigenvalue weighted by Gasteiger charge is -2.18. The number of carbonyl (C=O) groups is 1. The Morgan fingerprint density at radius 1 is 1.27 bits per heavy atom. The Morgan fingerprint density at radius 2 is 2.10 bits per heavy atom. The van der Waals surface area contributed by atoms with Gasteiger partial charge in [0.15, 0.2) is 22.4 Å². The lowest BCUT2D eigenvalue weighted by Crippen LogP contribution is -2.23. The van der Waals surface area contributed by atoms with Crippen molar-refractivity contribution in [2.24, 2.45) is 0 Å². The Kier molecular flexibility index (Phi) is 5.12. The number of hydrogen-bond acceptors (Lipinski definition) is 7. The monoisotopic (exact) mass is 440 g/mol. The third-order valence-corrected chi connectivity index (χ3v) is 7.46. The minimum atomic E-state index is -0.0508. The van der Waals surface area contributed by atoms with Gasteiger partial charge in [0.25, 0.3) is 5.56 Å². The molecule has 3 heterocycles. The molecule has 154 valence electrons. The molecule has 8 heteroatoms. The lowest BCUT2D eigenvalue weighted by atomic mass is 10.1. The molecule has 0 radical (unpaired) electrons. The largest absolute Gasteiger partial charge is 0.486 e. The Bertz CT molecular complexity index is 1230. The summed E-state index contributed by atoms with van der Waals surface area (Å²) in [5.74, 6) is 1.38. The number of nitrogens with zero attached hydrogens (tertiary/aromatic N) is 2. The number of hydrogen-bond donors (Lipinski definition) is 0. The molecular formula is C22H20N2O4S2. The molecular weight excluding hydrogens is 420 g/mol. The summed E-state index contributed by atoms with van der Waals surface area (Å²) in [7, 11) is 0. The van der Waals surface area contributed by atoms with Gasteiger partial charge < -0.3 is 9.47 Å². The van der Waals surface area contributed by atoms with Crippen LogP contribution < -0.4 is 15.0 Å². The van der Waals surface area contributed by atoms with E-state index in [0.717, 1.165) is 35.0 Å². The van der Waals surface area contributed by atoms with Crippen LogP contribution in [0.4, 0.5) is 0 Å². The number of Topliss-reactive ketones (excluding diaryl/α,β-unsaturated/α-hetero) is 1. The molecule has 0 bridgehead atoms. The van der Waals surface area contributed by atoms with E-state index in [0.29, 0.717) is 42.0 Å². The topological polar surface area (TPSA) is 70.4 Å². The molecule has 0 fully saturated rings. The van der Waals surface area contributed by atoms with Crippen molar-refractivity contribution in [1.82, 2.24) is 9.55 Å². The van der Waals surface area contributed by atoms with Crippen molar-refractivity contribution in [3.8, 4) is 11.5 Å². The van der Waals surface area contributed by atoms with E-state index in [2.05, 4.69) is 6.58 Å². The molecule has 30 heavy (non-hydrogen) atoms.